The summed E-state index contributed by atoms with van der Waals surface area (Å²) in [6.07, 6.45) is 1.51. The predicted octanol–water partition coefficient (Wildman–Crippen LogP) is 0.331. The van der Waals surface area contributed by atoms with Crippen molar-refractivity contribution in [3.63, 3.8) is 0 Å². The molecule has 6 nitrogen and oxygen atoms in total. The molecule has 6 heteroatoms. The Labute approximate surface area is 110 Å². The average molecular weight is 261 g/mol. The molecule has 0 unspecified atom stereocenters. The Morgan fingerprint density at radius 3 is 2.11 bits per heavy atom. The lowest BCUT2D eigenvalue weighted by Gasteiger charge is -2.09. The van der Waals surface area contributed by atoms with Gasteiger partial charge in [-0.25, -0.2) is 0 Å². The van der Waals surface area contributed by atoms with E-state index in [1.165, 1.54) is 19.9 Å². The molecule has 0 aliphatic rings. The first-order chi connectivity index (χ1) is 8.99. The van der Waals surface area contributed by atoms with Gasteiger partial charge >= 0.3 is 0 Å². The van der Waals surface area contributed by atoms with Crippen molar-refractivity contribution in [3.8, 4) is 0 Å². The van der Waals surface area contributed by atoms with Crippen LogP contribution in [-0.2, 0) is 14.4 Å². The molecule has 100 valence electrons. The number of nitrogens with one attached hydrogen (secondary N) is 3. The Morgan fingerprint density at radius 1 is 0.947 bits per heavy atom. The third-order valence-corrected chi connectivity index (χ3v) is 2.02. The summed E-state index contributed by atoms with van der Waals surface area (Å²) in [6, 6.07) is 9.03. The molecule has 0 aliphatic heterocycles. The number of carbonyl (C=O) groups is 3. The second kappa shape index (κ2) is 6.95. The van der Waals surface area contributed by atoms with Crippen molar-refractivity contribution in [1.29, 1.82) is 0 Å². The van der Waals surface area contributed by atoms with Crippen molar-refractivity contribution in [2.24, 2.45) is 0 Å². The molecular weight excluding hydrogens is 246 g/mol. The van der Waals surface area contributed by atoms with Gasteiger partial charge in [0.05, 0.1) is 0 Å². The maximum absolute atomic E-state index is 11.8. The number of amides is 3. The molecule has 3 N–H and O–H groups in total. The quantitative estimate of drug-likeness (QED) is 0.541. The van der Waals surface area contributed by atoms with Crippen LogP contribution in [0.5, 0.6) is 0 Å². The monoisotopic (exact) mass is 261 g/mol. The Morgan fingerprint density at radius 2 is 1.58 bits per heavy atom. The van der Waals surface area contributed by atoms with Gasteiger partial charge in [0, 0.05) is 13.8 Å². The van der Waals surface area contributed by atoms with Gasteiger partial charge in [-0.1, -0.05) is 30.3 Å². The molecule has 1 rings (SSSR count). The third-order valence-electron chi connectivity index (χ3n) is 2.02. The van der Waals surface area contributed by atoms with Crippen LogP contribution in [-0.4, -0.2) is 17.7 Å². The summed E-state index contributed by atoms with van der Waals surface area (Å²) in [7, 11) is 0. The molecule has 1 aromatic carbocycles. The highest BCUT2D eigenvalue weighted by molar-refractivity contribution is 6.01. The van der Waals surface area contributed by atoms with E-state index < -0.39 is 11.8 Å². The molecular formula is C13H15N3O3. The van der Waals surface area contributed by atoms with Crippen LogP contribution in [0.1, 0.15) is 19.4 Å². The van der Waals surface area contributed by atoms with Crippen molar-refractivity contribution in [1.82, 2.24) is 16.2 Å². The molecule has 0 bridgehead atoms. The summed E-state index contributed by atoms with van der Waals surface area (Å²) in [5.74, 6) is -1.38. The summed E-state index contributed by atoms with van der Waals surface area (Å²) < 4.78 is 0. The lowest BCUT2D eigenvalue weighted by molar-refractivity contribution is -0.126. The molecule has 0 saturated carbocycles. The van der Waals surface area contributed by atoms with Gasteiger partial charge in [-0.2, -0.15) is 0 Å². The van der Waals surface area contributed by atoms with Crippen LogP contribution < -0.4 is 16.2 Å². The lowest BCUT2D eigenvalue weighted by atomic mass is 10.2. The molecule has 0 spiro atoms. The van der Waals surface area contributed by atoms with E-state index in [9.17, 15) is 14.4 Å². The number of carbonyl (C=O) groups excluding carboxylic acids is 3. The molecule has 0 radical (unpaired) electrons. The van der Waals surface area contributed by atoms with Crippen LogP contribution in [0, 0.1) is 0 Å². The second-order valence-electron chi connectivity index (χ2n) is 3.79. The molecule has 0 fully saturated rings. The molecule has 3 amide bonds. The summed E-state index contributed by atoms with van der Waals surface area (Å²) in [5.41, 5.74) is 5.14. The van der Waals surface area contributed by atoms with Gasteiger partial charge in [-0.3, -0.25) is 25.2 Å². The average Bonchev–Trinajstić information content (AvgIpc) is 2.36. The van der Waals surface area contributed by atoms with E-state index in [0.717, 1.165) is 5.56 Å². The van der Waals surface area contributed by atoms with E-state index in [1.54, 1.807) is 12.1 Å². The van der Waals surface area contributed by atoms with Crippen molar-refractivity contribution in [2.75, 3.05) is 0 Å². The minimum Gasteiger partial charge on any atom is -0.322 e. The van der Waals surface area contributed by atoms with Crippen LogP contribution in [0.25, 0.3) is 6.08 Å². The second-order valence-corrected chi connectivity index (χ2v) is 3.79. The van der Waals surface area contributed by atoms with E-state index in [-0.39, 0.29) is 11.6 Å². The van der Waals surface area contributed by atoms with Crippen LogP contribution in [0.4, 0.5) is 0 Å². The Hall–Kier alpha value is -2.63. The van der Waals surface area contributed by atoms with E-state index >= 15 is 0 Å². The smallest absolute Gasteiger partial charge is 0.286 e. The zero-order chi connectivity index (χ0) is 14.3. The van der Waals surface area contributed by atoms with Gasteiger partial charge in [0.1, 0.15) is 5.70 Å². The van der Waals surface area contributed by atoms with Gasteiger partial charge < -0.3 is 5.32 Å². The Balaban J connectivity index is 2.88. The molecule has 0 saturated heterocycles. The van der Waals surface area contributed by atoms with Crippen LogP contribution in [0.3, 0.4) is 0 Å². The number of rotatable bonds is 3. The predicted molar refractivity (Wildman–Crippen MR) is 70.2 cm³/mol. The number of hydrazine groups is 1. The zero-order valence-corrected chi connectivity index (χ0v) is 10.7. The highest BCUT2D eigenvalue weighted by atomic mass is 16.2. The van der Waals surface area contributed by atoms with Gasteiger partial charge in [0.2, 0.25) is 11.8 Å². The van der Waals surface area contributed by atoms with Crippen LogP contribution in [0.2, 0.25) is 0 Å². The molecule has 0 aliphatic carbocycles. The van der Waals surface area contributed by atoms with Gasteiger partial charge in [0.25, 0.3) is 5.91 Å². The fourth-order valence-electron chi connectivity index (χ4n) is 1.28. The van der Waals surface area contributed by atoms with Crippen LogP contribution in [0.15, 0.2) is 36.0 Å². The van der Waals surface area contributed by atoms with Gasteiger partial charge in [0.15, 0.2) is 0 Å². The fourth-order valence-corrected chi connectivity index (χ4v) is 1.28. The molecule has 1 aromatic rings. The zero-order valence-electron chi connectivity index (χ0n) is 10.7. The van der Waals surface area contributed by atoms with E-state index in [1.807, 2.05) is 18.2 Å². The standard InChI is InChI=1S/C13H15N3O3/c1-9(17)14-12(13(19)16-15-10(2)18)8-11-6-4-3-5-7-11/h3-8H,1-2H3,(H,14,17)(H,15,18)(H,16,19)/b12-8+. The maximum atomic E-state index is 11.8. The molecule has 0 atom stereocenters. The topological polar surface area (TPSA) is 87.3 Å². The summed E-state index contributed by atoms with van der Waals surface area (Å²) >= 11 is 0. The number of hydrogen-bond donors (Lipinski definition) is 3. The largest absolute Gasteiger partial charge is 0.322 e. The van der Waals surface area contributed by atoms with Crippen molar-refractivity contribution in [3.05, 3.63) is 41.6 Å². The van der Waals surface area contributed by atoms with E-state index in [0.29, 0.717) is 0 Å². The molecule has 19 heavy (non-hydrogen) atoms. The van der Waals surface area contributed by atoms with E-state index in [4.69, 9.17) is 0 Å². The van der Waals surface area contributed by atoms with E-state index in [2.05, 4.69) is 16.2 Å². The van der Waals surface area contributed by atoms with Crippen LogP contribution >= 0.6 is 0 Å². The summed E-state index contributed by atoms with van der Waals surface area (Å²) in [4.78, 5) is 33.6. The Bertz CT molecular complexity index is 509. The third kappa shape index (κ3) is 5.49. The van der Waals surface area contributed by atoms with Gasteiger partial charge in [-0.15, -0.1) is 0 Å². The maximum Gasteiger partial charge on any atom is 0.286 e. The normalized spacial score (nSPS) is 10.5. The highest BCUT2D eigenvalue weighted by Crippen LogP contribution is 2.04. The minimum atomic E-state index is -0.603. The van der Waals surface area contributed by atoms with Gasteiger partial charge in [-0.05, 0) is 11.6 Å². The minimum absolute atomic E-state index is 0.0486. The van der Waals surface area contributed by atoms with Crippen molar-refractivity contribution in [2.45, 2.75) is 13.8 Å². The first-order valence-electron chi connectivity index (χ1n) is 5.60. The summed E-state index contributed by atoms with van der Waals surface area (Å²) in [6.45, 7) is 2.56. The summed E-state index contributed by atoms with van der Waals surface area (Å²) in [5, 5.41) is 2.41. The fraction of sp³-hybridized carbons (Fsp3) is 0.154. The molecule has 0 heterocycles. The lowest BCUT2D eigenvalue weighted by Crippen LogP contribution is -2.44. The first-order valence-corrected chi connectivity index (χ1v) is 5.60. The first kappa shape index (κ1) is 14.4. The highest BCUT2D eigenvalue weighted by Gasteiger charge is 2.11. The Kier molecular flexibility index (Phi) is 5.28. The van der Waals surface area contributed by atoms with Crippen molar-refractivity contribution < 1.29 is 14.4 Å². The van der Waals surface area contributed by atoms with Crippen molar-refractivity contribution >= 4 is 23.8 Å². The number of hydrogen-bond acceptors (Lipinski definition) is 3. The SMILES string of the molecule is CC(=O)NNC(=O)/C(=C\c1ccccc1)NC(C)=O. The number of benzene rings is 1. The molecule has 0 aromatic heterocycles.